The molecule has 0 spiro atoms. The fraction of sp³-hybridized carbons (Fsp3) is 0.780. The first-order valence-electron chi connectivity index (χ1n) is 24.5. The van der Waals surface area contributed by atoms with Crippen molar-refractivity contribution in [1.29, 1.82) is 0 Å². The lowest BCUT2D eigenvalue weighted by atomic mass is 10.1. The summed E-state index contributed by atoms with van der Waals surface area (Å²) >= 11 is 0. The van der Waals surface area contributed by atoms with Crippen molar-refractivity contribution in [3.05, 3.63) is 48.6 Å². The first-order valence-corrected chi connectivity index (χ1v) is 26.0. The minimum atomic E-state index is -4.74. The number of esters is 3. The van der Waals surface area contributed by atoms with Crippen LogP contribution in [-0.2, 0) is 42.2 Å². The average molecular weight is 897 g/mol. The van der Waals surface area contributed by atoms with Gasteiger partial charge >= 0.3 is 25.7 Å². The van der Waals surface area contributed by atoms with Crippen molar-refractivity contribution in [2.24, 2.45) is 0 Å². The van der Waals surface area contributed by atoms with Crippen LogP contribution < -0.4 is 0 Å². The third kappa shape index (κ3) is 42.7. The Morgan fingerprint density at radius 2 is 0.839 bits per heavy atom. The topological polar surface area (TPSA) is 155 Å². The van der Waals surface area contributed by atoms with Gasteiger partial charge in [0.25, 0.3) is 0 Å². The van der Waals surface area contributed by atoms with Gasteiger partial charge in [-0.1, -0.05) is 166 Å². The summed E-state index contributed by atoms with van der Waals surface area (Å²) in [6.07, 6.45) is 43.8. The van der Waals surface area contributed by atoms with Gasteiger partial charge in [0.05, 0.1) is 19.8 Å². The summed E-state index contributed by atoms with van der Waals surface area (Å²) in [5.74, 6) is -1.51. The minimum Gasteiger partial charge on any atom is -0.462 e. The van der Waals surface area contributed by atoms with Gasteiger partial charge in [0.2, 0.25) is 0 Å². The lowest BCUT2D eigenvalue weighted by Gasteiger charge is -2.21. The number of phosphoric ester groups is 1. The van der Waals surface area contributed by atoms with Gasteiger partial charge in [-0.25, -0.2) is 4.57 Å². The quantitative estimate of drug-likeness (QED) is 0.0197. The predicted molar refractivity (Wildman–Crippen MR) is 252 cm³/mol. The summed E-state index contributed by atoms with van der Waals surface area (Å²) < 4.78 is 39.2. The Kier molecular flexibility index (Phi) is 43.2. The predicted octanol–water partition coefficient (Wildman–Crippen LogP) is 13.5. The van der Waals surface area contributed by atoms with Crippen molar-refractivity contribution in [1.82, 2.24) is 0 Å². The van der Waals surface area contributed by atoms with Gasteiger partial charge in [0, 0.05) is 19.3 Å². The Balaban J connectivity index is 4.81. The van der Waals surface area contributed by atoms with E-state index in [0.29, 0.717) is 19.3 Å². The van der Waals surface area contributed by atoms with E-state index in [1.54, 1.807) is 0 Å². The molecular formula is C50H89O11P. The highest BCUT2D eigenvalue weighted by atomic mass is 31.2. The number of hydrogen-bond acceptors (Lipinski definition) is 10. The van der Waals surface area contributed by atoms with Crippen LogP contribution in [0.4, 0.5) is 0 Å². The van der Waals surface area contributed by atoms with Crippen molar-refractivity contribution in [3.63, 3.8) is 0 Å². The molecule has 62 heavy (non-hydrogen) atoms. The van der Waals surface area contributed by atoms with Gasteiger partial charge < -0.3 is 24.2 Å². The Bertz CT molecular complexity index is 1230. The van der Waals surface area contributed by atoms with Crippen LogP contribution >= 0.6 is 7.82 Å². The van der Waals surface area contributed by atoms with E-state index in [1.807, 2.05) is 0 Å². The number of hydrogen-bond donors (Lipinski definition) is 2. The van der Waals surface area contributed by atoms with E-state index in [4.69, 9.17) is 23.3 Å². The monoisotopic (exact) mass is 897 g/mol. The number of allylic oxidation sites excluding steroid dienone is 8. The summed E-state index contributed by atoms with van der Waals surface area (Å²) in [6, 6.07) is 0. The largest absolute Gasteiger partial charge is 0.472 e. The highest BCUT2D eigenvalue weighted by Crippen LogP contribution is 2.43. The molecule has 0 aliphatic carbocycles. The van der Waals surface area contributed by atoms with Crippen LogP contribution in [0.1, 0.15) is 213 Å². The van der Waals surface area contributed by atoms with E-state index >= 15 is 0 Å². The van der Waals surface area contributed by atoms with Gasteiger partial charge in [0.1, 0.15) is 12.7 Å². The van der Waals surface area contributed by atoms with E-state index in [1.165, 1.54) is 57.8 Å². The Morgan fingerprint density at radius 3 is 1.34 bits per heavy atom. The molecule has 0 rings (SSSR count). The zero-order valence-electron chi connectivity index (χ0n) is 39.3. The molecule has 3 unspecified atom stereocenters. The zero-order chi connectivity index (χ0) is 45.6. The molecule has 0 amide bonds. The molecule has 0 saturated carbocycles. The van der Waals surface area contributed by atoms with Crippen LogP contribution in [0, 0.1) is 0 Å². The lowest BCUT2D eigenvalue weighted by Crippen LogP contribution is -2.30. The molecular weight excluding hydrogens is 808 g/mol. The Morgan fingerprint density at radius 1 is 0.468 bits per heavy atom. The summed E-state index contributed by atoms with van der Waals surface area (Å²) in [7, 11) is -4.74. The fourth-order valence-corrected chi connectivity index (χ4v) is 7.26. The normalized spacial score (nSPS) is 14.0. The first-order chi connectivity index (χ1) is 30.2. The van der Waals surface area contributed by atoms with Gasteiger partial charge in [-0.15, -0.1) is 0 Å². The Hall–Kier alpha value is -2.56. The summed E-state index contributed by atoms with van der Waals surface area (Å²) in [4.78, 5) is 48.1. The fourth-order valence-electron chi connectivity index (χ4n) is 6.48. The smallest absolute Gasteiger partial charge is 0.462 e. The summed E-state index contributed by atoms with van der Waals surface area (Å²) in [6.45, 7) is 4.42. The highest BCUT2D eigenvalue weighted by molar-refractivity contribution is 7.47. The average Bonchev–Trinajstić information content (AvgIpc) is 3.25. The van der Waals surface area contributed by atoms with E-state index in [-0.39, 0.29) is 25.9 Å². The summed E-state index contributed by atoms with van der Waals surface area (Å²) in [5, 5.41) is 9.72. The number of unbranched alkanes of at least 4 members (excludes halogenated alkanes) is 20. The third-order valence-electron chi connectivity index (χ3n) is 10.2. The number of aliphatic hydroxyl groups excluding tert-OH is 1. The van der Waals surface area contributed by atoms with Crippen LogP contribution in [0.5, 0.6) is 0 Å². The number of rotatable bonds is 45. The Labute approximate surface area is 377 Å². The second kappa shape index (κ2) is 45.0. The molecule has 0 bridgehead atoms. The third-order valence-corrected chi connectivity index (χ3v) is 11.2. The molecule has 12 heteroatoms. The van der Waals surface area contributed by atoms with Crippen molar-refractivity contribution in [2.75, 3.05) is 26.4 Å². The molecule has 0 aliphatic heterocycles. The maximum absolute atomic E-state index is 12.8. The molecule has 0 radical (unpaired) electrons. The maximum atomic E-state index is 12.8. The van der Waals surface area contributed by atoms with Crippen molar-refractivity contribution < 1.29 is 52.2 Å². The molecule has 11 nitrogen and oxygen atoms in total. The molecule has 0 saturated heterocycles. The molecule has 0 fully saturated rings. The van der Waals surface area contributed by atoms with Crippen LogP contribution in [-0.4, -0.2) is 66.5 Å². The van der Waals surface area contributed by atoms with Crippen LogP contribution in [0.15, 0.2) is 48.6 Å². The number of phosphoric acid groups is 1. The van der Waals surface area contributed by atoms with Gasteiger partial charge in [0.15, 0.2) is 6.10 Å². The highest BCUT2D eigenvalue weighted by Gasteiger charge is 2.28. The SMILES string of the molecule is CC/C=C\C/C=C\C/C=C\CCCCCC(=O)OCC(COP(=O)(O)OCC(CO)OC(=O)CCCCCCCCCCC)OC(=O)CCCCCCC/C=C\CCCCCC. The van der Waals surface area contributed by atoms with E-state index in [0.717, 1.165) is 96.3 Å². The maximum Gasteiger partial charge on any atom is 0.472 e. The van der Waals surface area contributed by atoms with Crippen LogP contribution in [0.25, 0.3) is 0 Å². The molecule has 0 heterocycles. The first kappa shape index (κ1) is 59.4. The van der Waals surface area contributed by atoms with Gasteiger partial charge in [-0.3, -0.25) is 23.4 Å². The lowest BCUT2D eigenvalue weighted by molar-refractivity contribution is -0.161. The number of ether oxygens (including phenoxy) is 3. The number of carbonyl (C=O) groups is 3. The van der Waals surface area contributed by atoms with Crippen LogP contribution in [0.3, 0.4) is 0 Å². The number of carbonyl (C=O) groups excluding carboxylic acids is 3. The minimum absolute atomic E-state index is 0.152. The van der Waals surface area contributed by atoms with E-state index in [9.17, 15) is 28.9 Å². The van der Waals surface area contributed by atoms with Crippen LogP contribution in [0.2, 0.25) is 0 Å². The molecule has 0 aromatic rings. The molecule has 0 aromatic heterocycles. The number of aliphatic hydroxyl groups is 1. The molecule has 360 valence electrons. The second-order valence-corrected chi connectivity index (χ2v) is 17.7. The molecule has 0 aliphatic rings. The zero-order valence-corrected chi connectivity index (χ0v) is 40.2. The molecule has 0 aromatic carbocycles. The van der Waals surface area contributed by atoms with Gasteiger partial charge in [-0.05, 0) is 77.0 Å². The van der Waals surface area contributed by atoms with Crippen molar-refractivity contribution in [2.45, 2.75) is 226 Å². The molecule has 3 atom stereocenters. The summed E-state index contributed by atoms with van der Waals surface area (Å²) in [5.41, 5.74) is 0. The van der Waals surface area contributed by atoms with Crippen molar-refractivity contribution >= 4 is 25.7 Å². The van der Waals surface area contributed by atoms with Crippen molar-refractivity contribution in [3.8, 4) is 0 Å². The molecule has 2 N–H and O–H groups in total. The standard InChI is InChI=1S/C50H89O11P/c1-4-7-10-13-16-19-21-23-25-28-30-33-36-39-48(52)57-43-47(61-50(54)41-38-35-32-29-26-24-22-20-17-14-11-8-5-2)45-59-62(55,56)58-44-46(42-51)60-49(53)40-37-34-31-27-18-15-12-9-6-3/h7,10,16,19-20,22-23,25,46-47,51H,4-6,8-9,11-15,17-18,21,24,26-45H2,1-3H3,(H,55,56)/b10-7-,19-16-,22-20-,25-23-. The second-order valence-electron chi connectivity index (χ2n) is 16.2. The van der Waals surface area contributed by atoms with E-state index < -0.39 is 57.8 Å². The van der Waals surface area contributed by atoms with Gasteiger partial charge in [-0.2, -0.15) is 0 Å². The van der Waals surface area contributed by atoms with E-state index in [2.05, 4.69) is 69.4 Å².